The first kappa shape index (κ1) is 11.3. The number of aryl methyl sites for hydroxylation is 1. The Morgan fingerprint density at radius 1 is 1.33 bits per heavy atom. The average Bonchev–Trinajstić information content (AvgIpc) is 2.93. The van der Waals surface area contributed by atoms with Crippen molar-refractivity contribution in [2.75, 3.05) is 11.9 Å². The second-order valence-electron chi connectivity index (χ2n) is 5.31. The maximum absolute atomic E-state index is 4.58. The topological polar surface area (TPSA) is 29.9 Å². The largest absolute Gasteiger partial charge is 0.384 e. The molecule has 1 aliphatic rings. The van der Waals surface area contributed by atoms with Gasteiger partial charge < -0.3 is 5.32 Å². The third kappa shape index (κ3) is 1.80. The van der Waals surface area contributed by atoms with Crippen LogP contribution in [-0.2, 0) is 13.5 Å². The monoisotopic (exact) mass is 241 g/mol. The summed E-state index contributed by atoms with van der Waals surface area (Å²) in [4.78, 5) is 0. The Bertz CT molecular complexity index is 581. The van der Waals surface area contributed by atoms with Crippen molar-refractivity contribution in [3.8, 4) is 11.1 Å². The summed E-state index contributed by atoms with van der Waals surface area (Å²) in [6.07, 6.45) is 3.26. The molecule has 0 radical (unpaired) electrons. The number of rotatable bonds is 2. The summed E-state index contributed by atoms with van der Waals surface area (Å²) in [7, 11) is 1.99. The molecule has 18 heavy (non-hydrogen) atoms. The number of fused-ring (bicyclic) bond motifs is 1. The van der Waals surface area contributed by atoms with Crippen molar-refractivity contribution in [1.82, 2.24) is 9.78 Å². The average molecular weight is 241 g/mol. The molecule has 2 heterocycles. The van der Waals surface area contributed by atoms with Crippen LogP contribution in [0.25, 0.3) is 11.1 Å². The molecule has 3 heteroatoms. The van der Waals surface area contributed by atoms with Crippen molar-refractivity contribution < 1.29 is 0 Å². The lowest BCUT2D eigenvalue weighted by Crippen LogP contribution is -1.94. The molecule has 2 aromatic rings. The van der Waals surface area contributed by atoms with Gasteiger partial charge >= 0.3 is 0 Å². The second kappa shape index (κ2) is 4.16. The maximum Gasteiger partial charge on any atom is 0.0728 e. The van der Waals surface area contributed by atoms with Crippen LogP contribution in [-0.4, -0.2) is 16.3 Å². The fourth-order valence-corrected chi connectivity index (χ4v) is 2.61. The molecular formula is C15H19N3. The Morgan fingerprint density at radius 3 is 2.94 bits per heavy atom. The van der Waals surface area contributed by atoms with E-state index in [2.05, 4.69) is 48.7 Å². The fourth-order valence-electron chi connectivity index (χ4n) is 2.61. The predicted molar refractivity (Wildman–Crippen MR) is 74.9 cm³/mol. The smallest absolute Gasteiger partial charge is 0.0728 e. The zero-order chi connectivity index (χ0) is 12.7. The van der Waals surface area contributed by atoms with Gasteiger partial charge in [0.2, 0.25) is 0 Å². The van der Waals surface area contributed by atoms with Crippen molar-refractivity contribution in [2.24, 2.45) is 7.05 Å². The number of nitrogens with one attached hydrogen (secondary N) is 1. The Labute approximate surface area is 108 Å². The van der Waals surface area contributed by atoms with Crippen LogP contribution in [0.5, 0.6) is 0 Å². The van der Waals surface area contributed by atoms with E-state index >= 15 is 0 Å². The van der Waals surface area contributed by atoms with Crippen molar-refractivity contribution in [2.45, 2.75) is 26.2 Å². The first-order chi connectivity index (χ1) is 8.65. The molecule has 1 aliphatic heterocycles. The van der Waals surface area contributed by atoms with Gasteiger partial charge in [-0.05, 0) is 29.5 Å². The standard InChI is InChI=1S/C15H19N3/c1-10(2)15-13(9-18(3)17-15)12-5-4-11-6-7-16-14(11)8-12/h4-5,8-10,16H,6-7H2,1-3H3. The van der Waals surface area contributed by atoms with Crippen LogP contribution in [0, 0.1) is 0 Å². The van der Waals surface area contributed by atoms with Gasteiger partial charge in [-0.1, -0.05) is 26.0 Å². The summed E-state index contributed by atoms with van der Waals surface area (Å²) in [6.45, 7) is 5.44. The molecule has 0 amide bonds. The third-order valence-corrected chi connectivity index (χ3v) is 3.53. The van der Waals surface area contributed by atoms with Gasteiger partial charge in [0.25, 0.3) is 0 Å². The Balaban J connectivity index is 2.09. The Hall–Kier alpha value is -1.77. The lowest BCUT2D eigenvalue weighted by atomic mass is 9.98. The van der Waals surface area contributed by atoms with Crippen LogP contribution in [0.2, 0.25) is 0 Å². The summed E-state index contributed by atoms with van der Waals surface area (Å²) in [6, 6.07) is 6.71. The second-order valence-corrected chi connectivity index (χ2v) is 5.31. The molecule has 94 valence electrons. The molecule has 0 spiro atoms. The highest BCUT2D eigenvalue weighted by Crippen LogP contribution is 2.32. The van der Waals surface area contributed by atoms with Crippen molar-refractivity contribution in [3.63, 3.8) is 0 Å². The van der Waals surface area contributed by atoms with Crippen LogP contribution in [0.4, 0.5) is 5.69 Å². The van der Waals surface area contributed by atoms with Crippen LogP contribution >= 0.6 is 0 Å². The molecule has 3 nitrogen and oxygen atoms in total. The number of hydrogen-bond acceptors (Lipinski definition) is 2. The molecule has 0 saturated carbocycles. The van der Waals surface area contributed by atoms with E-state index in [1.165, 1.54) is 28.1 Å². The Morgan fingerprint density at radius 2 is 2.17 bits per heavy atom. The van der Waals surface area contributed by atoms with Crippen molar-refractivity contribution >= 4 is 5.69 Å². The molecule has 1 aromatic carbocycles. The number of aromatic nitrogens is 2. The third-order valence-electron chi connectivity index (χ3n) is 3.53. The van der Waals surface area contributed by atoms with Gasteiger partial charge in [-0.3, -0.25) is 4.68 Å². The van der Waals surface area contributed by atoms with E-state index in [1.54, 1.807) is 0 Å². The molecule has 1 aromatic heterocycles. The number of nitrogens with zero attached hydrogens (tertiary/aromatic N) is 2. The minimum atomic E-state index is 0.447. The molecule has 0 fully saturated rings. The van der Waals surface area contributed by atoms with Crippen LogP contribution in [0.3, 0.4) is 0 Å². The first-order valence-corrected chi connectivity index (χ1v) is 6.56. The van der Waals surface area contributed by atoms with Gasteiger partial charge in [-0.15, -0.1) is 0 Å². The summed E-state index contributed by atoms with van der Waals surface area (Å²) in [5.41, 5.74) is 6.40. The van der Waals surface area contributed by atoms with Gasteiger partial charge in [0.05, 0.1) is 5.69 Å². The summed E-state index contributed by atoms with van der Waals surface area (Å²) < 4.78 is 1.91. The molecule has 0 unspecified atom stereocenters. The quantitative estimate of drug-likeness (QED) is 0.875. The number of anilines is 1. The SMILES string of the molecule is CC(C)c1nn(C)cc1-c1ccc2c(c1)NCC2. The van der Waals surface area contributed by atoms with Gasteiger partial charge in [0.1, 0.15) is 0 Å². The zero-order valence-electron chi connectivity index (χ0n) is 11.2. The molecule has 0 atom stereocenters. The summed E-state index contributed by atoms with van der Waals surface area (Å²) in [5, 5.41) is 8.01. The van der Waals surface area contributed by atoms with Crippen LogP contribution in [0.15, 0.2) is 24.4 Å². The molecule has 0 aliphatic carbocycles. The van der Waals surface area contributed by atoms with Gasteiger partial charge in [0, 0.05) is 31.0 Å². The Kier molecular flexibility index (Phi) is 2.62. The van der Waals surface area contributed by atoms with E-state index < -0.39 is 0 Å². The molecule has 3 rings (SSSR count). The lowest BCUT2D eigenvalue weighted by Gasteiger charge is -2.07. The highest BCUT2D eigenvalue weighted by atomic mass is 15.3. The van der Waals surface area contributed by atoms with E-state index in [1.807, 2.05) is 11.7 Å². The van der Waals surface area contributed by atoms with Gasteiger partial charge in [0.15, 0.2) is 0 Å². The lowest BCUT2D eigenvalue weighted by molar-refractivity contribution is 0.713. The van der Waals surface area contributed by atoms with E-state index in [9.17, 15) is 0 Å². The number of benzene rings is 1. The van der Waals surface area contributed by atoms with Gasteiger partial charge in [-0.25, -0.2) is 0 Å². The fraction of sp³-hybridized carbons (Fsp3) is 0.400. The predicted octanol–water partition coefficient (Wildman–Crippen LogP) is 3.18. The molecule has 1 N–H and O–H groups in total. The van der Waals surface area contributed by atoms with Gasteiger partial charge in [-0.2, -0.15) is 5.10 Å². The van der Waals surface area contributed by atoms with Crippen LogP contribution < -0.4 is 5.32 Å². The van der Waals surface area contributed by atoms with E-state index in [0.29, 0.717) is 5.92 Å². The van der Waals surface area contributed by atoms with Crippen molar-refractivity contribution in [3.05, 3.63) is 35.7 Å². The van der Waals surface area contributed by atoms with Crippen LogP contribution in [0.1, 0.15) is 31.0 Å². The zero-order valence-corrected chi connectivity index (χ0v) is 11.2. The maximum atomic E-state index is 4.58. The minimum absolute atomic E-state index is 0.447. The number of hydrogen-bond donors (Lipinski definition) is 1. The van der Waals surface area contributed by atoms with E-state index in [-0.39, 0.29) is 0 Å². The molecule has 0 bridgehead atoms. The molecule has 0 saturated heterocycles. The normalized spacial score (nSPS) is 13.8. The minimum Gasteiger partial charge on any atom is -0.384 e. The molecular weight excluding hydrogens is 222 g/mol. The highest BCUT2D eigenvalue weighted by Gasteiger charge is 2.16. The van der Waals surface area contributed by atoms with Crippen molar-refractivity contribution in [1.29, 1.82) is 0 Å². The summed E-state index contributed by atoms with van der Waals surface area (Å²) in [5.74, 6) is 0.447. The highest BCUT2D eigenvalue weighted by molar-refractivity contribution is 5.72. The first-order valence-electron chi connectivity index (χ1n) is 6.56. The summed E-state index contributed by atoms with van der Waals surface area (Å²) >= 11 is 0. The van der Waals surface area contributed by atoms with E-state index in [0.717, 1.165) is 13.0 Å². The van der Waals surface area contributed by atoms with E-state index in [4.69, 9.17) is 0 Å².